The molecule has 162 valence electrons. The molecule has 7 nitrogen and oxygen atoms in total. The molecule has 0 saturated carbocycles. The predicted octanol–water partition coefficient (Wildman–Crippen LogP) is 4.61. The highest BCUT2D eigenvalue weighted by Gasteiger charge is 2.47. The van der Waals surface area contributed by atoms with Crippen molar-refractivity contribution in [2.75, 3.05) is 13.1 Å². The molecule has 1 fully saturated rings. The molecule has 5 rings (SSSR count). The zero-order valence-corrected chi connectivity index (χ0v) is 18.3. The van der Waals surface area contributed by atoms with Gasteiger partial charge in [0.25, 0.3) is 5.91 Å². The van der Waals surface area contributed by atoms with E-state index in [1.165, 1.54) is 6.42 Å². The summed E-state index contributed by atoms with van der Waals surface area (Å²) in [5, 5.41) is 15.0. The monoisotopic (exact) mass is 426 g/mol. The number of rotatable bonds is 4. The molecule has 4 heterocycles. The van der Waals surface area contributed by atoms with Crippen LogP contribution in [0, 0.1) is 11.3 Å². The number of carbonyl (C=O) groups is 1. The minimum Gasteiger partial charge on any atom is -0.346 e. The Morgan fingerprint density at radius 1 is 1.19 bits per heavy atom. The van der Waals surface area contributed by atoms with Crippen molar-refractivity contribution in [1.29, 1.82) is 5.26 Å². The second-order valence-corrected chi connectivity index (χ2v) is 8.07. The Kier molecular flexibility index (Phi) is 6.04. The molecular weight excluding hydrogens is 400 g/mol. The van der Waals surface area contributed by atoms with Crippen LogP contribution in [0.25, 0.3) is 22.2 Å². The van der Waals surface area contributed by atoms with Crippen LogP contribution in [0.1, 0.15) is 37.0 Å². The van der Waals surface area contributed by atoms with Crippen molar-refractivity contribution in [3.8, 4) is 17.2 Å². The van der Waals surface area contributed by atoms with Gasteiger partial charge in [0.05, 0.1) is 18.7 Å². The number of likely N-dealkylation sites (tertiary alicyclic amines) is 1. The standard InChI is InChI=1S/C22H18N6O.C3H8/c23-9-8-22(14-27(15-22)21(29)16-4-2-1-3-5-16)28-13-17(12-26-28)18-6-10-24-20-19(18)7-11-25-20;1-3-2/h1-7,10-13H,8,14-15H2,(H,24,25);3H2,1-2H3. The van der Waals surface area contributed by atoms with Gasteiger partial charge in [-0.15, -0.1) is 0 Å². The van der Waals surface area contributed by atoms with Crippen molar-refractivity contribution in [2.24, 2.45) is 0 Å². The fraction of sp³-hybridized carbons (Fsp3) is 0.280. The molecule has 1 saturated heterocycles. The highest BCUT2D eigenvalue weighted by Crippen LogP contribution is 2.35. The summed E-state index contributed by atoms with van der Waals surface area (Å²) >= 11 is 0. The third kappa shape index (κ3) is 3.87. The molecule has 4 aromatic rings. The van der Waals surface area contributed by atoms with Gasteiger partial charge >= 0.3 is 0 Å². The number of pyridine rings is 1. The van der Waals surface area contributed by atoms with Gasteiger partial charge in [0.1, 0.15) is 11.2 Å². The lowest BCUT2D eigenvalue weighted by Crippen LogP contribution is -2.64. The number of hydrogen-bond acceptors (Lipinski definition) is 4. The lowest BCUT2D eigenvalue weighted by Gasteiger charge is -2.49. The van der Waals surface area contributed by atoms with E-state index >= 15 is 0 Å². The molecule has 1 N–H and O–H groups in total. The van der Waals surface area contributed by atoms with E-state index in [2.05, 4.69) is 35.0 Å². The van der Waals surface area contributed by atoms with Crippen LogP contribution in [-0.4, -0.2) is 43.6 Å². The minimum absolute atomic E-state index is 0.0188. The number of amides is 1. The number of carbonyl (C=O) groups excluding carboxylic acids is 1. The Hall–Kier alpha value is -3.92. The number of H-pyrrole nitrogens is 1. The summed E-state index contributed by atoms with van der Waals surface area (Å²) in [4.78, 5) is 21.9. The van der Waals surface area contributed by atoms with Crippen LogP contribution in [0.2, 0.25) is 0 Å². The first-order valence-electron chi connectivity index (χ1n) is 10.8. The van der Waals surface area contributed by atoms with Crippen molar-refractivity contribution in [3.05, 3.63) is 72.8 Å². The van der Waals surface area contributed by atoms with Crippen LogP contribution in [0.15, 0.2) is 67.3 Å². The molecule has 0 atom stereocenters. The molecule has 0 unspecified atom stereocenters. The van der Waals surface area contributed by atoms with E-state index in [0.29, 0.717) is 25.1 Å². The SMILES string of the molecule is CCC.N#CCC1(n2cc(-c3ccnc4[nH]ccc34)cn2)CN(C(=O)c2ccccc2)C1. The topological polar surface area (TPSA) is 90.6 Å². The molecule has 1 amide bonds. The summed E-state index contributed by atoms with van der Waals surface area (Å²) in [6.45, 7) is 5.18. The molecular formula is C25H26N6O. The highest BCUT2D eigenvalue weighted by atomic mass is 16.2. The van der Waals surface area contributed by atoms with Crippen molar-refractivity contribution >= 4 is 16.9 Å². The number of nitriles is 1. The molecule has 1 aliphatic heterocycles. The van der Waals surface area contributed by atoms with Crippen LogP contribution in [0.5, 0.6) is 0 Å². The van der Waals surface area contributed by atoms with Gasteiger partial charge in [-0.05, 0) is 29.8 Å². The van der Waals surface area contributed by atoms with Gasteiger partial charge in [0, 0.05) is 48.2 Å². The normalized spacial score (nSPS) is 14.2. The number of nitrogens with zero attached hydrogens (tertiary/aromatic N) is 5. The van der Waals surface area contributed by atoms with Crippen LogP contribution >= 0.6 is 0 Å². The quantitative estimate of drug-likeness (QED) is 0.516. The third-order valence-corrected chi connectivity index (χ3v) is 5.53. The molecule has 1 aromatic carbocycles. The summed E-state index contributed by atoms with van der Waals surface area (Å²) < 4.78 is 1.85. The third-order valence-electron chi connectivity index (χ3n) is 5.53. The number of aromatic nitrogens is 4. The Balaban J connectivity index is 0.000000775. The van der Waals surface area contributed by atoms with Crippen molar-refractivity contribution in [1.82, 2.24) is 24.6 Å². The molecule has 3 aromatic heterocycles. The number of benzene rings is 1. The van der Waals surface area contributed by atoms with Crippen molar-refractivity contribution in [2.45, 2.75) is 32.2 Å². The number of nitrogens with one attached hydrogen (secondary N) is 1. The van der Waals surface area contributed by atoms with E-state index in [1.54, 1.807) is 11.1 Å². The second-order valence-electron chi connectivity index (χ2n) is 8.07. The van der Waals surface area contributed by atoms with Gasteiger partial charge < -0.3 is 9.88 Å². The van der Waals surface area contributed by atoms with E-state index in [9.17, 15) is 10.1 Å². The van der Waals surface area contributed by atoms with Crippen LogP contribution in [0.4, 0.5) is 0 Å². The van der Waals surface area contributed by atoms with Gasteiger partial charge in [0.2, 0.25) is 0 Å². The number of hydrogen-bond donors (Lipinski definition) is 1. The lowest BCUT2D eigenvalue weighted by atomic mass is 9.86. The summed E-state index contributed by atoms with van der Waals surface area (Å²) in [6.07, 6.45) is 8.94. The molecule has 32 heavy (non-hydrogen) atoms. The summed E-state index contributed by atoms with van der Waals surface area (Å²) in [5.74, 6) is -0.0188. The maximum Gasteiger partial charge on any atom is 0.254 e. The Bertz CT molecular complexity index is 1240. The number of fused-ring (bicyclic) bond motifs is 1. The molecule has 0 aliphatic carbocycles. The molecule has 0 radical (unpaired) electrons. The van der Waals surface area contributed by atoms with Gasteiger partial charge in [0.15, 0.2) is 0 Å². The molecule has 0 spiro atoms. The first-order chi connectivity index (χ1) is 15.6. The summed E-state index contributed by atoms with van der Waals surface area (Å²) in [6, 6.07) is 15.4. The maximum atomic E-state index is 12.7. The van der Waals surface area contributed by atoms with Crippen molar-refractivity contribution < 1.29 is 4.79 Å². The molecule has 7 heteroatoms. The van der Waals surface area contributed by atoms with Crippen LogP contribution in [0.3, 0.4) is 0 Å². The van der Waals surface area contributed by atoms with Crippen LogP contribution < -0.4 is 0 Å². The maximum absolute atomic E-state index is 12.7. The fourth-order valence-electron chi connectivity index (χ4n) is 3.99. The fourth-order valence-corrected chi connectivity index (χ4v) is 3.99. The van der Waals surface area contributed by atoms with E-state index in [-0.39, 0.29) is 5.91 Å². The molecule has 0 bridgehead atoms. The second kappa shape index (κ2) is 9.06. The Labute approximate surface area is 187 Å². The van der Waals surface area contributed by atoms with Gasteiger partial charge in [-0.3, -0.25) is 9.48 Å². The first-order valence-corrected chi connectivity index (χ1v) is 10.8. The minimum atomic E-state index is -0.498. The van der Waals surface area contributed by atoms with E-state index in [1.807, 2.05) is 65.7 Å². The van der Waals surface area contributed by atoms with E-state index in [4.69, 9.17) is 0 Å². The average Bonchev–Trinajstić information content (AvgIpc) is 3.46. The number of aromatic amines is 1. The molecule has 1 aliphatic rings. The van der Waals surface area contributed by atoms with Crippen molar-refractivity contribution in [3.63, 3.8) is 0 Å². The Morgan fingerprint density at radius 3 is 2.66 bits per heavy atom. The first kappa shape index (κ1) is 21.3. The summed E-state index contributed by atoms with van der Waals surface area (Å²) in [5.41, 5.74) is 2.98. The lowest BCUT2D eigenvalue weighted by molar-refractivity contribution is 0.00858. The van der Waals surface area contributed by atoms with E-state index < -0.39 is 5.54 Å². The zero-order chi connectivity index (χ0) is 22.6. The van der Waals surface area contributed by atoms with E-state index in [0.717, 1.165) is 22.2 Å². The zero-order valence-electron chi connectivity index (χ0n) is 18.3. The van der Waals surface area contributed by atoms with Gasteiger partial charge in [-0.1, -0.05) is 38.5 Å². The van der Waals surface area contributed by atoms with Crippen LogP contribution in [-0.2, 0) is 5.54 Å². The van der Waals surface area contributed by atoms with Gasteiger partial charge in [-0.25, -0.2) is 4.98 Å². The predicted molar refractivity (Wildman–Crippen MR) is 124 cm³/mol. The largest absolute Gasteiger partial charge is 0.346 e. The summed E-state index contributed by atoms with van der Waals surface area (Å²) in [7, 11) is 0. The van der Waals surface area contributed by atoms with Gasteiger partial charge in [-0.2, -0.15) is 10.4 Å². The Morgan fingerprint density at radius 2 is 1.94 bits per heavy atom. The average molecular weight is 427 g/mol. The smallest absolute Gasteiger partial charge is 0.254 e. The highest BCUT2D eigenvalue weighted by molar-refractivity contribution is 5.95.